The van der Waals surface area contributed by atoms with Gasteiger partial charge in [-0.15, -0.1) is 11.3 Å². The summed E-state index contributed by atoms with van der Waals surface area (Å²) in [5.74, 6) is -1.73. The third kappa shape index (κ3) is 4.39. The van der Waals surface area contributed by atoms with E-state index >= 15 is 0 Å². The molecule has 1 aromatic carbocycles. The van der Waals surface area contributed by atoms with Crippen LogP contribution in [0.4, 0.5) is 16.4 Å². The number of nitro groups is 2. The summed E-state index contributed by atoms with van der Waals surface area (Å²) < 4.78 is 10.9. The highest BCUT2D eigenvalue weighted by atomic mass is 32.1. The Morgan fingerprint density at radius 2 is 1.81 bits per heavy atom. The number of anilines is 1. The molecular weight excluding hydrogens is 430 g/mol. The molecule has 0 saturated carbocycles. The number of carbonyl (C=O) groups excluding carboxylic acids is 2. The van der Waals surface area contributed by atoms with Gasteiger partial charge in [0.15, 0.2) is 5.56 Å². The van der Waals surface area contributed by atoms with Crippen molar-refractivity contribution >= 4 is 39.6 Å². The quantitative estimate of drug-likeness (QED) is 0.397. The Labute approximate surface area is 180 Å². The third-order valence-corrected chi connectivity index (χ3v) is 5.76. The van der Waals surface area contributed by atoms with Crippen LogP contribution in [0.5, 0.6) is 0 Å². The van der Waals surface area contributed by atoms with Crippen LogP contribution in [0, 0.1) is 20.2 Å². The molecule has 0 bridgehead atoms. The number of amides is 1. The first-order valence-corrected chi connectivity index (χ1v) is 10.1. The number of hydrogen-bond acceptors (Lipinski definition) is 9. The van der Waals surface area contributed by atoms with Gasteiger partial charge in [-0.1, -0.05) is 0 Å². The fraction of sp³-hybridized carbons (Fsp3) is 0.368. The molecule has 1 aliphatic heterocycles. The van der Waals surface area contributed by atoms with Crippen LogP contribution in [0.25, 0.3) is 0 Å². The van der Waals surface area contributed by atoms with Crippen molar-refractivity contribution in [3.05, 3.63) is 60.0 Å². The van der Waals surface area contributed by atoms with Gasteiger partial charge in [0.2, 0.25) is 0 Å². The van der Waals surface area contributed by atoms with Crippen LogP contribution in [0.1, 0.15) is 51.9 Å². The fourth-order valence-electron chi connectivity index (χ4n) is 3.29. The number of thiophene rings is 1. The summed E-state index contributed by atoms with van der Waals surface area (Å²) in [4.78, 5) is 47.3. The van der Waals surface area contributed by atoms with Gasteiger partial charge in [-0.3, -0.25) is 25.0 Å². The molecule has 1 amide bonds. The summed E-state index contributed by atoms with van der Waals surface area (Å²) in [7, 11) is 0. The molecule has 0 saturated heterocycles. The molecule has 2 aromatic rings. The minimum absolute atomic E-state index is 0.0993. The van der Waals surface area contributed by atoms with Crippen molar-refractivity contribution in [3.8, 4) is 0 Å². The number of fused-ring (bicyclic) bond motifs is 1. The Kier molecular flexibility index (Phi) is 6.04. The van der Waals surface area contributed by atoms with Crippen molar-refractivity contribution < 1.29 is 28.9 Å². The molecule has 0 fully saturated rings. The molecule has 11 nitrogen and oxygen atoms in total. The molecule has 3 rings (SSSR count). The predicted molar refractivity (Wildman–Crippen MR) is 111 cm³/mol. The number of esters is 1. The predicted octanol–water partition coefficient (Wildman–Crippen LogP) is 3.84. The van der Waals surface area contributed by atoms with Gasteiger partial charge in [0.05, 0.1) is 34.2 Å². The van der Waals surface area contributed by atoms with Crippen LogP contribution >= 0.6 is 11.3 Å². The van der Waals surface area contributed by atoms with E-state index in [4.69, 9.17) is 9.47 Å². The van der Waals surface area contributed by atoms with E-state index in [2.05, 4.69) is 5.32 Å². The molecule has 0 radical (unpaired) electrons. The minimum atomic E-state index is -1.07. The van der Waals surface area contributed by atoms with Crippen molar-refractivity contribution in [2.75, 3.05) is 11.9 Å². The van der Waals surface area contributed by atoms with E-state index in [9.17, 15) is 29.8 Å². The zero-order valence-electron chi connectivity index (χ0n) is 16.9. The van der Waals surface area contributed by atoms with Crippen LogP contribution in [-0.2, 0) is 22.5 Å². The minimum Gasteiger partial charge on any atom is -0.462 e. The summed E-state index contributed by atoms with van der Waals surface area (Å²) >= 11 is 1.07. The Hall–Kier alpha value is -3.38. The van der Waals surface area contributed by atoms with Gasteiger partial charge in [-0.05, 0) is 32.4 Å². The average molecular weight is 449 g/mol. The first kappa shape index (κ1) is 22.3. The van der Waals surface area contributed by atoms with Crippen LogP contribution in [0.15, 0.2) is 18.2 Å². The maximum absolute atomic E-state index is 12.9. The van der Waals surface area contributed by atoms with E-state index in [0.717, 1.165) is 29.5 Å². The maximum Gasteiger partial charge on any atom is 0.341 e. The van der Waals surface area contributed by atoms with Gasteiger partial charge >= 0.3 is 5.97 Å². The van der Waals surface area contributed by atoms with Crippen LogP contribution in [0.3, 0.4) is 0 Å². The Morgan fingerprint density at radius 1 is 1.19 bits per heavy atom. The molecule has 2 heterocycles. The normalized spacial score (nSPS) is 14.4. The second-order valence-corrected chi connectivity index (χ2v) is 8.40. The van der Waals surface area contributed by atoms with E-state index in [0.29, 0.717) is 16.9 Å². The van der Waals surface area contributed by atoms with Gasteiger partial charge in [0, 0.05) is 23.4 Å². The lowest BCUT2D eigenvalue weighted by Crippen LogP contribution is -2.32. The summed E-state index contributed by atoms with van der Waals surface area (Å²) in [5.41, 5.74) is -1.88. The molecule has 0 atom stereocenters. The lowest BCUT2D eigenvalue weighted by atomic mass is 9.93. The highest BCUT2D eigenvalue weighted by Crippen LogP contribution is 2.41. The monoisotopic (exact) mass is 449 g/mol. The van der Waals surface area contributed by atoms with Gasteiger partial charge in [-0.25, -0.2) is 4.79 Å². The molecule has 1 N–H and O–H groups in total. The van der Waals surface area contributed by atoms with E-state index in [1.165, 1.54) is 0 Å². The Balaban J connectivity index is 2.09. The summed E-state index contributed by atoms with van der Waals surface area (Å²) in [6.07, 6.45) is 0.383. The first-order valence-electron chi connectivity index (χ1n) is 9.24. The number of rotatable bonds is 6. The standard InChI is InChI=1S/C19H19N3O8S/c1-4-29-18(24)14-10-8-19(2,3)30-9-13(10)31-17(14)20-16(23)15-11(21(25)26)6-5-7-12(15)22(27)28/h5-7H,4,8-9H2,1-3H3,(H,20,23). The Bertz CT molecular complexity index is 1060. The molecular formula is C19H19N3O8S. The summed E-state index contributed by atoms with van der Waals surface area (Å²) in [6.45, 7) is 5.67. The van der Waals surface area contributed by atoms with Gasteiger partial charge in [-0.2, -0.15) is 0 Å². The fourth-order valence-corrected chi connectivity index (χ4v) is 4.41. The average Bonchev–Trinajstić information content (AvgIpc) is 3.03. The number of hydrogen-bond donors (Lipinski definition) is 1. The number of ether oxygens (including phenoxy) is 2. The molecule has 1 aromatic heterocycles. The molecule has 164 valence electrons. The topological polar surface area (TPSA) is 151 Å². The van der Waals surface area contributed by atoms with E-state index in [-0.39, 0.29) is 23.8 Å². The second-order valence-electron chi connectivity index (χ2n) is 7.29. The van der Waals surface area contributed by atoms with Crippen LogP contribution in [0.2, 0.25) is 0 Å². The number of nitrogens with one attached hydrogen (secondary N) is 1. The van der Waals surface area contributed by atoms with Crippen molar-refractivity contribution in [2.24, 2.45) is 0 Å². The van der Waals surface area contributed by atoms with Gasteiger partial charge < -0.3 is 14.8 Å². The van der Waals surface area contributed by atoms with Crippen molar-refractivity contribution in [2.45, 2.75) is 39.4 Å². The smallest absolute Gasteiger partial charge is 0.341 e. The third-order valence-electron chi connectivity index (χ3n) is 4.63. The largest absolute Gasteiger partial charge is 0.462 e. The molecule has 1 aliphatic rings. The lowest BCUT2D eigenvalue weighted by molar-refractivity contribution is -0.394. The molecule has 12 heteroatoms. The van der Waals surface area contributed by atoms with Crippen molar-refractivity contribution in [3.63, 3.8) is 0 Å². The summed E-state index contributed by atoms with van der Waals surface area (Å²) in [6, 6.07) is 3.13. The van der Waals surface area contributed by atoms with E-state index in [1.807, 2.05) is 13.8 Å². The SMILES string of the molecule is CCOC(=O)c1c(NC(=O)c2c([N+](=O)[O-])cccc2[N+](=O)[O-])sc2c1CC(C)(C)OC2. The van der Waals surface area contributed by atoms with Crippen LogP contribution in [-0.4, -0.2) is 33.9 Å². The number of benzene rings is 1. The number of nitrogens with zero attached hydrogens (tertiary/aromatic N) is 2. The zero-order chi connectivity index (χ0) is 22.9. The second kappa shape index (κ2) is 8.40. The van der Waals surface area contributed by atoms with Gasteiger partial charge in [0.1, 0.15) is 5.00 Å². The van der Waals surface area contributed by atoms with E-state index < -0.39 is 44.3 Å². The highest BCUT2D eigenvalue weighted by Gasteiger charge is 2.36. The number of carbonyl (C=O) groups is 2. The summed E-state index contributed by atoms with van der Waals surface area (Å²) in [5, 5.41) is 25.3. The van der Waals surface area contributed by atoms with Crippen molar-refractivity contribution in [1.82, 2.24) is 0 Å². The molecule has 0 aliphatic carbocycles. The van der Waals surface area contributed by atoms with Crippen LogP contribution < -0.4 is 5.32 Å². The zero-order valence-corrected chi connectivity index (χ0v) is 17.7. The first-order chi connectivity index (χ1) is 14.6. The molecule has 0 unspecified atom stereocenters. The highest BCUT2D eigenvalue weighted by molar-refractivity contribution is 7.17. The maximum atomic E-state index is 12.9. The molecule has 31 heavy (non-hydrogen) atoms. The lowest BCUT2D eigenvalue weighted by Gasteiger charge is -2.30. The number of nitro benzene ring substituents is 2. The van der Waals surface area contributed by atoms with E-state index in [1.54, 1.807) is 6.92 Å². The Morgan fingerprint density at radius 3 is 2.35 bits per heavy atom. The molecule has 0 spiro atoms. The van der Waals surface area contributed by atoms with Crippen molar-refractivity contribution in [1.29, 1.82) is 0 Å². The van der Waals surface area contributed by atoms with Gasteiger partial charge in [0.25, 0.3) is 17.3 Å².